The second-order valence-corrected chi connectivity index (χ2v) is 4.63. The summed E-state index contributed by atoms with van der Waals surface area (Å²) in [5.41, 5.74) is 3.56. The van der Waals surface area contributed by atoms with E-state index >= 15 is 0 Å². The number of ether oxygens (including phenoxy) is 1. The van der Waals surface area contributed by atoms with Gasteiger partial charge in [0.25, 0.3) is 0 Å². The first-order valence-electron chi connectivity index (χ1n) is 6.96. The van der Waals surface area contributed by atoms with E-state index in [1.54, 1.807) is 0 Å². The fourth-order valence-electron chi connectivity index (χ4n) is 2.61. The summed E-state index contributed by atoms with van der Waals surface area (Å²) in [4.78, 5) is 12.2. The number of aromatic nitrogens is 2. The molecule has 1 heterocycles. The third kappa shape index (κ3) is 2.33. The Balaban J connectivity index is 2.64. The van der Waals surface area contributed by atoms with E-state index in [1.807, 2.05) is 51.1 Å². The van der Waals surface area contributed by atoms with Gasteiger partial charge in [-0.05, 0) is 32.9 Å². The van der Waals surface area contributed by atoms with Gasteiger partial charge in [-0.1, -0.05) is 18.2 Å². The standard InChI is InChI=1S/C16H21N2O2/c1-5-17-12(3)15(16(19)20-6-2)13(4)18(17)14-10-8-7-9-11-14/h7-11H,5-6H2,1-4H3/q+1. The highest BCUT2D eigenvalue weighted by Gasteiger charge is 2.30. The van der Waals surface area contributed by atoms with E-state index in [1.165, 1.54) is 0 Å². The molecule has 0 saturated carbocycles. The van der Waals surface area contributed by atoms with Gasteiger partial charge in [0.2, 0.25) is 5.69 Å². The van der Waals surface area contributed by atoms with Crippen LogP contribution in [0.3, 0.4) is 0 Å². The van der Waals surface area contributed by atoms with Crippen molar-refractivity contribution >= 4 is 5.97 Å². The van der Waals surface area contributed by atoms with E-state index in [9.17, 15) is 4.79 Å². The molecule has 0 unspecified atom stereocenters. The van der Waals surface area contributed by atoms with Gasteiger partial charge in [0, 0.05) is 6.92 Å². The third-order valence-electron chi connectivity index (χ3n) is 3.45. The van der Waals surface area contributed by atoms with Gasteiger partial charge in [0.15, 0.2) is 12.1 Å². The van der Waals surface area contributed by atoms with Crippen LogP contribution in [0.4, 0.5) is 0 Å². The van der Waals surface area contributed by atoms with Crippen LogP contribution in [0.2, 0.25) is 0 Å². The normalized spacial score (nSPS) is 10.6. The smallest absolute Gasteiger partial charge is 0.346 e. The van der Waals surface area contributed by atoms with Gasteiger partial charge in [0.05, 0.1) is 6.61 Å². The Morgan fingerprint density at radius 1 is 1.20 bits per heavy atom. The molecule has 0 atom stereocenters. The number of benzene rings is 1. The van der Waals surface area contributed by atoms with Crippen molar-refractivity contribution in [3.05, 3.63) is 47.3 Å². The second-order valence-electron chi connectivity index (χ2n) is 4.63. The zero-order valence-electron chi connectivity index (χ0n) is 12.5. The predicted molar refractivity (Wildman–Crippen MR) is 77.1 cm³/mol. The molecular weight excluding hydrogens is 252 g/mol. The van der Waals surface area contributed by atoms with Gasteiger partial charge in [-0.25, -0.2) is 4.79 Å². The van der Waals surface area contributed by atoms with Gasteiger partial charge in [-0.3, -0.25) is 0 Å². The van der Waals surface area contributed by atoms with Crippen LogP contribution in [0.5, 0.6) is 0 Å². The molecular formula is C16H21N2O2+. The zero-order chi connectivity index (χ0) is 14.7. The first-order chi connectivity index (χ1) is 9.61. The fraction of sp³-hybridized carbons (Fsp3) is 0.375. The van der Waals surface area contributed by atoms with Crippen molar-refractivity contribution in [2.24, 2.45) is 0 Å². The molecule has 0 bridgehead atoms. The number of para-hydroxylation sites is 1. The largest absolute Gasteiger partial charge is 0.462 e. The van der Waals surface area contributed by atoms with E-state index in [0.29, 0.717) is 12.2 Å². The SMILES string of the molecule is CCOC(=O)c1c(C)n(-c2ccccc2)[n+](CC)c1C. The van der Waals surface area contributed by atoms with Gasteiger partial charge in [-0.15, -0.1) is 9.36 Å². The lowest BCUT2D eigenvalue weighted by Crippen LogP contribution is -2.44. The van der Waals surface area contributed by atoms with Crippen molar-refractivity contribution in [1.82, 2.24) is 4.68 Å². The van der Waals surface area contributed by atoms with Gasteiger partial charge in [-0.2, -0.15) is 0 Å². The predicted octanol–water partition coefficient (Wildman–Crippen LogP) is 2.58. The van der Waals surface area contributed by atoms with E-state index in [4.69, 9.17) is 4.74 Å². The summed E-state index contributed by atoms with van der Waals surface area (Å²) in [7, 11) is 0. The van der Waals surface area contributed by atoms with Crippen LogP contribution in [0.25, 0.3) is 5.69 Å². The summed E-state index contributed by atoms with van der Waals surface area (Å²) in [6.45, 7) is 8.99. The Hall–Kier alpha value is -2.10. The highest BCUT2D eigenvalue weighted by Crippen LogP contribution is 2.17. The summed E-state index contributed by atoms with van der Waals surface area (Å²) in [6, 6.07) is 10.0. The minimum Gasteiger partial charge on any atom is -0.462 e. The lowest BCUT2D eigenvalue weighted by molar-refractivity contribution is -0.769. The maximum Gasteiger partial charge on any atom is 0.346 e. The Morgan fingerprint density at radius 3 is 2.40 bits per heavy atom. The molecule has 0 aliphatic heterocycles. The molecule has 106 valence electrons. The van der Waals surface area contributed by atoms with Crippen molar-refractivity contribution in [1.29, 1.82) is 0 Å². The molecule has 0 amide bonds. The van der Waals surface area contributed by atoms with Crippen LogP contribution < -0.4 is 4.68 Å². The van der Waals surface area contributed by atoms with E-state index < -0.39 is 0 Å². The van der Waals surface area contributed by atoms with Crippen molar-refractivity contribution in [2.45, 2.75) is 34.2 Å². The Morgan fingerprint density at radius 2 is 1.85 bits per heavy atom. The lowest BCUT2D eigenvalue weighted by Gasteiger charge is -2.04. The van der Waals surface area contributed by atoms with E-state index in [-0.39, 0.29) is 5.97 Å². The number of nitrogens with zero attached hydrogens (tertiary/aromatic N) is 2. The topological polar surface area (TPSA) is 35.1 Å². The van der Waals surface area contributed by atoms with Crippen molar-refractivity contribution < 1.29 is 14.2 Å². The molecule has 4 heteroatoms. The van der Waals surface area contributed by atoms with Crippen LogP contribution >= 0.6 is 0 Å². The van der Waals surface area contributed by atoms with Crippen LogP contribution in [0, 0.1) is 13.8 Å². The first kappa shape index (κ1) is 14.3. The molecule has 0 fully saturated rings. The van der Waals surface area contributed by atoms with Gasteiger partial charge in [0.1, 0.15) is 11.4 Å². The van der Waals surface area contributed by atoms with Crippen molar-refractivity contribution in [3.63, 3.8) is 0 Å². The molecule has 0 spiro atoms. The number of hydrogen-bond acceptors (Lipinski definition) is 2. The molecule has 0 N–H and O–H groups in total. The average molecular weight is 273 g/mol. The Labute approximate surface area is 119 Å². The Kier molecular flexibility index (Phi) is 4.23. The molecule has 2 rings (SSSR count). The fourth-order valence-corrected chi connectivity index (χ4v) is 2.61. The number of esters is 1. The highest BCUT2D eigenvalue weighted by atomic mass is 16.5. The summed E-state index contributed by atoms with van der Waals surface area (Å²) >= 11 is 0. The molecule has 2 aromatic rings. The summed E-state index contributed by atoms with van der Waals surface area (Å²) in [5.74, 6) is -0.251. The average Bonchev–Trinajstić information content (AvgIpc) is 2.70. The van der Waals surface area contributed by atoms with Gasteiger partial charge >= 0.3 is 5.97 Å². The van der Waals surface area contributed by atoms with Crippen molar-refractivity contribution in [3.8, 4) is 5.69 Å². The minimum absolute atomic E-state index is 0.251. The maximum absolute atomic E-state index is 12.2. The molecule has 0 aliphatic carbocycles. The monoisotopic (exact) mass is 273 g/mol. The number of carbonyl (C=O) groups is 1. The van der Waals surface area contributed by atoms with E-state index in [0.717, 1.165) is 23.6 Å². The quantitative estimate of drug-likeness (QED) is 0.634. The number of rotatable bonds is 4. The molecule has 0 aliphatic rings. The molecule has 0 saturated heterocycles. The third-order valence-corrected chi connectivity index (χ3v) is 3.45. The molecule has 0 radical (unpaired) electrons. The summed E-state index contributed by atoms with van der Waals surface area (Å²) < 4.78 is 9.34. The van der Waals surface area contributed by atoms with Crippen molar-refractivity contribution in [2.75, 3.05) is 6.61 Å². The first-order valence-corrected chi connectivity index (χ1v) is 6.96. The zero-order valence-corrected chi connectivity index (χ0v) is 12.5. The Bertz CT molecular complexity index is 615. The highest BCUT2D eigenvalue weighted by molar-refractivity contribution is 5.91. The van der Waals surface area contributed by atoms with E-state index in [2.05, 4.69) is 16.3 Å². The maximum atomic E-state index is 12.2. The van der Waals surface area contributed by atoms with Gasteiger partial charge < -0.3 is 4.74 Å². The summed E-state index contributed by atoms with van der Waals surface area (Å²) in [5, 5.41) is 0. The molecule has 1 aromatic heterocycles. The second kappa shape index (κ2) is 5.90. The van der Waals surface area contributed by atoms with Crippen LogP contribution in [0.1, 0.15) is 35.6 Å². The minimum atomic E-state index is -0.251. The lowest BCUT2D eigenvalue weighted by atomic mass is 10.2. The number of hydrogen-bond donors (Lipinski definition) is 0. The molecule has 20 heavy (non-hydrogen) atoms. The van der Waals surface area contributed by atoms with Crippen LogP contribution in [0.15, 0.2) is 30.3 Å². The van der Waals surface area contributed by atoms with Crippen LogP contribution in [-0.2, 0) is 11.3 Å². The number of carbonyl (C=O) groups excluding carboxylic acids is 1. The summed E-state index contributed by atoms with van der Waals surface area (Å²) in [6.07, 6.45) is 0. The molecule has 1 aromatic carbocycles. The van der Waals surface area contributed by atoms with Crippen LogP contribution in [-0.4, -0.2) is 17.3 Å². The molecule has 4 nitrogen and oxygen atoms in total.